The maximum Gasteiger partial charge on any atom is 0.203 e. The summed E-state index contributed by atoms with van der Waals surface area (Å²) in [5.74, 6) is 0.825. The second-order valence-electron chi connectivity index (χ2n) is 20.4. The normalized spacial score (nSPS) is 15.5. The first-order valence-electron chi connectivity index (χ1n) is 22.4. The fraction of sp³-hybridized carbons (Fsp3) is 0.228. The highest BCUT2D eigenvalue weighted by Gasteiger charge is 2.40. The van der Waals surface area contributed by atoms with Crippen molar-refractivity contribution in [2.24, 2.45) is 0 Å². The van der Waals surface area contributed by atoms with Gasteiger partial charge in [-0.25, -0.2) is 0 Å². The maximum absolute atomic E-state index is 7.08. The van der Waals surface area contributed by atoms with E-state index in [0.29, 0.717) is 0 Å². The maximum atomic E-state index is 7.08. The summed E-state index contributed by atoms with van der Waals surface area (Å²) in [5, 5.41) is 9.20. The predicted molar refractivity (Wildman–Crippen MR) is 264 cm³/mol. The second-order valence-corrected chi connectivity index (χ2v) is 20.4. The summed E-state index contributed by atoms with van der Waals surface area (Å²) in [6.45, 7) is 18.6. The Balaban J connectivity index is 1.20. The molecule has 1 N–H and O–H groups in total. The summed E-state index contributed by atoms with van der Waals surface area (Å²) in [6, 6.07) is 45.8. The molecular weight excluding hydrogens is 771 g/mol. The van der Waals surface area contributed by atoms with E-state index >= 15 is 0 Å². The van der Waals surface area contributed by atoms with Crippen molar-refractivity contribution >= 4 is 102 Å². The van der Waals surface area contributed by atoms with Gasteiger partial charge < -0.3 is 18.6 Å². The van der Waals surface area contributed by atoms with Gasteiger partial charge in [0.05, 0.1) is 11.4 Å². The number of para-hydroxylation sites is 3. The fourth-order valence-electron chi connectivity index (χ4n) is 10.6. The van der Waals surface area contributed by atoms with Crippen LogP contribution in [0.2, 0.25) is 0 Å². The smallest absolute Gasteiger partial charge is 0.203 e. The molecule has 0 amide bonds. The van der Waals surface area contributed by atoms with Gasteiger partial charge in [0.2, 0.25) is 7.28 Å². The summed E-state index contributed by atoms with van der Waals surface area (Å²) in [6.07, 6.45) is 2.28. The highest BCUT2D eigenvalue weighted by Crippen LogP contribution is 2.52. The molecule has 12 rings (SSSR count). The van der Waals surface area contributed by atoms with Crippen LogP contribution in [0, 0.1) is 6.92 Å². The fourth-order valence-corrected chi connectivity index (χ4v) is 10.6. The lowest BCUT2D eigenvalue weighted by Gasteiger charge is -2.43. The number of nitrogens with zero attached hydrogens (tertiary/aromatic N) is 1. The van der Waals surface area contributed by atoms with Gasteiger partial charge in [0.25, 0.3) is 0 Å². The van der Waals surface area contributed by atoms with E-state index in [1.54, 1.807) is 0 Å². The number of benzene rings is 7. The van der Waals surface area contributed by atoms with Crippen LogP contribution in [-0.2, 0) is 16.2 Å². The molecule has 0 atom stereocenters. The van der Waals surface area contributed by atoms with Crippen LogP contribution in [0.1, 0.15) is 83.6 Å². The average Bonchev–Trinajstić information content (AvgIpc) is 3.94. The molecule has 309 valence electrons. The molecule has 0 saturated carbocycles. The average molecular weight is 822 g/mol. The van der Waals surface area contributed by atoms with E-state index < -0.39 is 0 Å². The second kappa shape index (κ2) is 13.2. The molecule has 7 aromatic carbocycles. The molecule has 4 heterocycles. The van der Waals surface area contributed by atoms with Gasteiger partial charge in [-0.2, -0.15) is 0 Å². The Morgan fingerprint density at radius 2 is 1.17 bits per heavy atom. The Kier molecular flexibility index (Phi) is 7.96. The first-order valence-corrected chi connectivity index (χ1v) is 22.4. The molecule has 0 fully saturated rings. The predicted octanol–water partition coefficient (Wildman–Crippen LogP) is 15.0. The highest BCUT2D eigenvalue weighted by molar-refractivity contribution is 6.76. The minimum atomic E-state index is 0.0130. The van der Waals surface area contributed by atoms with Gasteiger partial charge in [0.15, 0.2) is 5.88 Å². The third-order valence-corrected chi connectivity index (χ3v) is 14.3. The van der Waals surface area contributed by atoms with Crippen LogP contribution in [0.5, 0.6) is 0 Å². The summed E-state index contributed by atoms with van der Waals surface area (Å²) in [4.78, 5) is 2.41. The van der Waals surface area contributed by atoms with Gasteiger partial charge in [0, 0.05) is 55.5 Å². The lowest BCUT2D eigenvalue weighted by atomic mass is 9.58. The molecule has 1 radical (unpaired) electrons. The van der Waals surface area contributed by atoms with E-state index in [1.165, 1.54) is 22.3 Å². The number of furan rings is 3. The molecular formula is C57H50BN2O3. The molecule has 2 aliphatic rings. The molecule has 3 aromatic heterocycles. The zero-order chi connectivity index (χ0) is 43.2. The Morgan fingerprint density at radius 1 is 0.571 bits per heavy atom. The summed E-state index contributed by atoms with van der Waals surface area (Å²) >= 11 is 0. The van der Waals surface area contributed by atoms with Crippen LogP contribution in [0.4, 0.5) is 28.6 Å². The number of hydrogen-bond donors (Lipinski definition) is 1. The van der Waals surface area contributed by atoms with Gasteiger partial charge in [-0.3, -0.25) is 4.90 Å². The summed E-state index contributed by atoms with van der Waals surface area (Å²) in [5.41, 5.74) is 17.9. The van der Waals surface area contributed by atoms with Crippen molar-refractivity contribution in [2.45, 2.75) is 84.5 Å². The van der Waals surface area contributed by atoms with Crippen molar-refractivity contribution in [1.29, 1.82) is 0 Å². The van der Waals surface area contributed by atoms with Crippen LogP contribution in [0.15, 0.2) is 141 Å². The highest BCUT2D eigenvalue weighted by atomic mass is 16.4. The van der Waals surface area contributed by atoms with Gasteiger partial charge in [0.1, 0.15) is 27.9 Å². The Labute approximate surface area is 368 Å². The first-order chi connectivity index (χ1) is 30.2. The molecule has 5 nitrogen and oxygen atoms in total. The van der Waals surface area contributed by atoms with E-state index in [1.807, 2.05) is 6.07 Å². The Morgan fingerprint density at radius 3 is 1.86 bits per heavy atom. The molecule has 0 unspecified atom stereocenters. The molecule has 0 saturated heterocycles. The minimum absolute atomic E-state index is 0.0130. The van der Waals surface area contributed by atoms with E-state index in [9.17, 15) is 0 Å². The molecule has 0 spiro atoms. The lowest BCUT2D eigenvalue weighted by molar-refractivity contribution is 0.332. The molecule has 6 heteroatoms. The van der Waals surface area contributed by atoms with E-state index in [2.05, 4.69) is 194 Å². The minimum Gasteiger partial charge on any atom is -0.456 e. The largest absolute Gasteiger partial charge is 0.456 e. The topological polar surface area (TPSA) is 54.7 Å². The van der Waals surface area contributed by atoms with Crippen molar-refractivity contribution in [3.05, 3.63) is 150 Å². The summed E-state index contributed by atoms with van der Waals surface area (Å²) in [7, 11) is 2.34. The van der Waals surface area contributed by atoms with Crippen molar-refractivity contribution in [1.82, 2.24) is 0 Å². The van der Waals surface area contributed by atoms with Gasteiger partial charge in [-0.05, 0) is 118 Å². The van der Waals surface area contributed by atoms with Crippen LogP contribution in [0.25, 0.3) is 66.0 Å². The number of aryl methyl sites for hydroxylation is 1. The number of anilines is 5. The number of rotatable bonds is 4. The van der Waals surface area contributed by atoms with Gasteiger partial charge >= 0.3 is 0 Å². The zero-order valence-electron chi connectivity index (χ0n) is 37.3. The molecule has 63 heavy (non-hydrogen) atoms. The van der Waals surface area contributed by atoms with Crippen LogP contribution in [-0.4, -0.2) is 7.28 Å². The number of fused-ring (bicyclic) bond motifs is 11. The van der Waals surface area contributed by atoms with Crippen molar-refractivity contribution in [3.8, 4) is 11.1 Å². The van der Waals surface area contributed by atoms with Gasteiger partial charge in [-0.1, -0.05) is 121 Å². The monoisotopic (exact) mass is 821 g/mol. The third-order valence-electron chi connectivity index (χ3n) is 14.3. The zero-order valence-corrected chi connectivity index (χ0v) is 37.3. The number of nitrogens with one attached hydrogen (secondary N) is 1. The van der Waals surface area contributed by atoms with E-state index in [-0.39, 0.29) is 16.2 Å². The standard InChI is InChI=1S/C57H50BN2O3/c1-32-27-41-42(57(7,8)26-25-56(41,5)6)30-44(32)60-45-29-39-36-16-10-13-19-47(36)62-53(39)50(52(45)58-51-37-17-11-14-20-48(37)63-54(51)60)40-28-38-35-15-9-12-18-46(35)61-49(38)31-43(40)59-34-23-21-33(22-24-34)55(2,3)4/h9-24,27-31,59H,25-26H2,1-8H3. The van der Waals surface area contributed by atoms with Crippen LogP contribution in [0.3, 0.4) is 0 Å². The van der Waals surface area contributed by atoms with E-state index in [0.717, 1.165) is 118 Å². The third kappa shape index (κ3) is 5.76. The number of hydrogen-bond acceptors (Lipinski definition) is 5. The quantitative estimate of drug-likeness (QED) is 0.179. The van der Waals surface area contributed by atoms with Crippen LogP contribution >= 0.6 is 0 Å². The molecule has 10 aromatic rings. The first kappa shape index (κ1) is 38.1. The Bertz CT molecular complexity index is 3520. The Hall–Kier alpha value is -6.66. The molecule has 0 bridgehead atoms. The van der Waals surface area contributed by atoms with Crippen molar-refractivity contribution in [3.63, 3.8) is 0 Å². The SMILES string of the molecule is Cc1cc2c(cc1N1c3cc4c(oc5ccccc54)c(-c4cc5c(cc4Nc4ccc(C(C)(C)C)cc4)oc4ccccc45)c3[B]c3c1oc1ccccc31)C(C)(C)CCC2(C)C. The summed E-state index contributed by atoms with van der Waals surface area (Å²) < 4.78 is 20.7. The van der Waals surface area contributed by atoms with Gasteiger partial charge in [-0.15, -0.1) is 0 Å². The molecule has 1 aliphatic carbocycles. The van der Waals surface area contributed by atoms with Crippen LogP contribution < -0.4 is 21.1 Å². The molecule has 1 aliphatic heterocycles. The van der Waals surface area contributed by atoms with Crippen molar-refractivity contribution < 1.29 is 13.3 Å². The van der Waals surface area contributed by atoms with E-state index in [4.69, 9.17) is 13.3 Å². The lowest BCUT2D eigenvalue weighted by Crippen LogP contribution is -2.41. The van der Waals surface area contributed by atoms with Crippen molar-refractivity contribution in [2.75, 3.05) is 10.2 Å².